The topological polar surface area (TPSA) is 91.0 Å². The van der Waals surface area contributed by atoms with Crippen molar-refractivity contribution in [1.82, 2.24) is 19.2 Å². The number of nitrogens with zero attached hydrogens (tertiary/aromatic N) is 2. The van der Waals surface area contributed by atoms with Crippen molar-refractivity contribution in [2.75, 3.05) is 59.5 Å². The number of carbonyl (C=O) groups excluding carboxylic acids is 1. The number of nitrogens with one attached hydrogen (secondary N) is 2. The van der Waals surface area contributed by atoms with Gasteiger partial charge in [0, 0.05) is 32.7 Å². The lowest BCUT2D eigenvalue weighted by molar-refractivity contribution is -0.128. The molecule has 0 unspecified atom stereocenters. The lowest BCUT2D eigenvalue weighted by Crippen LogP contribution is -2.53. The van der Waals surface area contributed by atoms with E-state index in [1.54, 1.807) is 13.8 Å². The standard InChI is InChI=1S/C14H30N4O4S/c1-5-17(7-6-15-4)12-14(2,3)13(19)16-23(20,21)18-8-10-22-11-9-18/h15H,5-12H2,1-4H3,(H,16,19). The van der Waals surface area contributed by atoms with Crippen LogP contribution < -0.4 is 10.0 Å². The Morgan fingerprint density at radius 1 is 1.30 bits per heavy atom. The van der Waals surface area contributed by atoms with E-state index in [-0.39, 0.29) is 13.1 Å². The molecule has 8 nitrogen and oxygen atoms in total. The molecule has 1 aliphatic heterocycles. The van der Waals surface area contributed by atoms with E-state index in [0.29, 0.717) is 19.8 Å². The first-order valence-corrected chi connectivity index (χ1v) is 9.44. The van der Waals surface area contributed by atoms with Gasteiger partial charge in [-0.3, -0.25) is 4.79 Å². The number of hydrogen-bond donors (Lipinski definition) is 2. The van der Waals surface area contributed by atoms with E-state index < -0.39 is 21.5 Å². The van der Waals surface area contributed by atoms with Gasteiger partial charge in [0.2, 0.25) is 5.91 Å². The third-order valence-corrected chi connectivity index (χ3v) is 5.38. The van der Waals surface area contributed by atoms with Crippen LogP contribution in [0.2, 0.25) is 0 Å². The highest BCUT2D eigenvalue weighted by Gasteiger charge is 2.34. The smallest absolute Gasteiger partial charge is 0.303 e. The first kappa shape index (κ1) is 20.3. The molecule has 9 heteroatoms. The molecule has 1 amide bonds. The fraction of sp³-hybridized carbons (Fsp3) is 0.929. The molecule has 0 radical (unpaired) electrons. The first-order valence-electron chi connectivity index (χ1n) is 8.00. The molecule has 0 aromatic heterocycles. The van der Waals surface area contributed by atoms with E-state index in [1.165, 1.54) is 4.31 Å². The van der Waals surface area contributed by atoms with Gasteiger partial charge in [-0.2, -0.15) is 12.7 Å². The van der Waals surface area contributed by atoms with Crippen molar-refractivity contribution < 1.29 is 17.9 Å². The predicted molar refractivity (Wildman–Crippen MR) is 89.3 cm³/mol. The highest BCUT2D eigenvalue weighted by atomic mass is 32.2. The van der Waals surface area contributed by atoms with Gasteiger partial charge in [-0.05, 0) is 27.4 Å². The Hall–Kier alpha value is -0.740. The Morgan fingerprint density at radius 3 is 2.43 bits per heavy atom. The van der Waals surface area contributed by atoms with Crippen molar-refractivity contribution in [2.45, 2.75) is 20.8 Å². The average molecular weight is 350 g/mol. The zero-order valence-electron chi connectivity index (χ0n) is 14.6. The molecule has 0 bridgehead atoms. The van der Waals surface area contributed by atoms with Gasteiger partial charge in [-0.15, -0.1) is 0 Å². The molecule has 1 saturated heterocycles. The SMILES string of the molecule is CCN(CCNC)CC(C)(C)C(=O)NS(=O)(=O)N1CCOCC1. The van der Waals surface area contributed by atoms with Crippen LogP contribution in [-0.2, 0) is 19.7 Å². The van der Waals surface area contributed by atoms with E-state index >= 15 is 0 Å². The molecule has 1 heterocycles. The van der Waals surface area contributed by atoms with Gasteiger partial charge in [0.05, 0.1) is 18.6 Å². The zero-order chi connectivity index (χ0) is 17.5. The Balaban J connectivity index is 2.66. The molecule has 1 rings (SSSR count). The number of morpholine rings is 1. The van der Waals surface area contributed by atoms with Crippen LogP contribution in [0.25, 0.3) is 0 Å². The van der Waals surface area contributed by atoms with Crippen LogP contribution in [0, 0.1) is 5.41 Å². The maximum absolute atomic E-state index is 12.5. The van der Waals surface area contributed by atoms with Crippen LogP contribution in [0.5, 0.6) is 0 Å². The fourth-order valence-corrected chi connectivity index (χ4v) is 3.63. The van der Waals surface area contributed by atoms with Crippen molar-refractivity contribution in [3.8, 4) is 0 Å². The lowest BCUT2D eigenvalue weighted by atomic mass is 9.92. The predicted octanol–water partition coefficient (Wildman–Crippen LogP) is -0.753. The Kier molecular flexibility index (Phi) is 7.88. The van der Waals surface area contributed by atoms with Crippen molar-refractivity contribution >= 4 is 16.1 Å². The molecule has 1 fully saturated rings. The minimum Gasteiger partial charge on any atom is -0.379 e. The van der Waals surface area contributed by atoms with Gasteiger partial charge in [0.1, 0.15) is 0 Å². The van der Waals surface area contributed by atoms with Gasteiger partial charge in [0.15, 0.2) is 0 Å². The molecule has 0 spiro atoms. The van der Waals surface area contributed by atoms with Crippen molar-refractivity contribution in [3.05, 3.63) is 0 Å². The molecule has 2 N–H and O–H groups in total. The van der Waals surface area contributed by atoms with E-state index in [1.807, 2.05) is 14.0 Å². The molecule has 0 aromatic rings. The minimum atomic E-state index is -3.80. The first-order chi connectivity index (χ1) is 10.7. The normalized spacial score (nSPS) is 17.4. The molecule has 136 valence electrons. The van der Waals surface area contributed by atoms with Crippen LogP contribution >= 0.6 is 0 Å². The fourth-order valence-electron chi connectivity index (χ4n) is 2.36. The molecular formula is C14H30N4O4S. The van der Waals surface area contributed by atoms with Gasteiger partial charge >= 0.3 is 10.2 Å². The number of rotatable bonds is 9. The van der Waals surface area contributed by atoms with Gasteiger partial charge in [0.25, 0.3) is 0 Å². The summed E-state index contributed by atoms with van der Waals surface area (Å²) >= 11 is 0. The zero-order valence-corrected chi connectivity index (χ0v) is 15.4. The Labute approximate surface area is 139 Å². The lowest BCUT2D eigenvalue weighted by Gasteiger charge is -2.32. The van der Waals surface area contributed by atoms with E-state index in [2.05, 4.69) is 14.9 Å². The maximum atomic E-state index is 12.5. The van der Waals surface area contributed by atoms with Crippen LogP contribution in [0.3, 0.4) is 0 Å². The van der Waals surface area contributed by atoms with Crippen LogP contribution in [0.15, 0.2) is 0 Å². The number of likely N-dealkylation sites (N-methyl/N-ethyl adjacent to an activating group) is 2. The molecule has 0 aliphatic carbocycles. The van der Waals surface area contributed by atoms with E-state index in [4.69, 9.17) is 4.74 Å². The second-order valence-corrected chi connectivity index (χ2v) is 7.97. The van der Waals surface area contributed by atoms with Crippen molar-refractivity contribution in [3.63, 3.8) is 0 Å². The summed E-state index contributed by atoms with van der Waals surface area (Å²) < 4.78 is 33.2. The highest BCUT2D eigenvalue weighted by molar-refractivity contribution is 7.87. The molecular weight excluding hydrogens is 320 g/mol. The Morgan fingerprint density at radius 2 is 1.91 bits per heavy atom. The molecule has 23 heavy (non-hydrogen) atoms. The monoisotopic (exact) mass is 350 g/mol. The number of amides is 1. The van der Waals surface area contributed by atoms with Crippen LogP contribution in [0.4, 0.5) is 0 Å². The van der Waals surface area contributed by atoms with Gasteiger partial charge in [-0.25, -0.2) is 4.72 Å². The third-order valence-electron chi connectivity index (χ3n) is 3.89. The van der Waals surface area contributed by atoms with E-state index in [0.717, 1.165) is 19.6 Å². The van der Waals surface area contributed by atoms with Crippen molar-refractivity contribution in [1.29, 1.82) is 0 Å². The number of ether oxygens (including phenoxy) is 1. The summed E-state index contributed by atoms with van der Waals surface area (Å²) in [5, 5.41) is 3.07. The summed E-state index contributed by atoms with van der Waals surface area (Å²) in [7, 11) is -1.93. The molecule has 0 aromatic carbocycles. The molecule has 1 aliphatic rings. The minimum absolute atomic E-state index is 0.270. The summed E-state index contributed by atoms with van der Waals surface area (Å²) in [4.78, 5) is 14.6. The molecule has 0 atom stereocenters. The second kappa shape index (κ2) is 8.93. The number of carbonyl (C=O) groups is 1. The van der Waals surface area contributed by atoms with Gasteiger partial charge < -0.3 is 15.0 Å². The summed E-state index contributed by atoms with van der Waals surface area (Å²) in [5.74, 6) is -0.480. The van der Waals surface area contributed by atoms with Crippen LogP contribution in [0.1, 0.15) is 20.8 Å². The Bertz CT molecular complexity index is 475. The van der Waals surface area contributed by atoms with E-state index in [9.17, 15) is 13.2 Å². The highest BCUT2D eigenvalue weighted by Crippen LogP contribution is 2.18. The number of hydrogen-bond acceptors (Lipinski definition) is 6. The summed E-state index contributed by atoms with van der Waals surface area (Å²) in [6.07, 6.45) is 0. The van der Waals surface area contributed by atoms with Gasteiger partial charge in [-0.1, -0.05) is 6.92 Å². The largest absolute Gasteiger partial charge is 0.379 e. The maximum Gasteiger partial charge on any atom is 0.303 e. The summed E-state index contributed by atoms with van der Waals surface area (Å²) in [6, 6.07) is 0. The third kappa shape index (κ3) is 6.34. The van der Waals surface area contributed by atoms with Crippen LogP contribution in [-0.4, -0.2) is 83.1 Å². The summed E-state index contributed by atoms with van der Waals surface area (Å²) in [6.45, 7) is 9.71. The summed E-state index contributed by atoms with van der Waals surface area (Å²) in [5.41, 5.74) is -0.802. The van der Waals surface area contributed by atoms with Crippen molar-refractivity contribution in [2.24, 2.45) is 5.41 Å². The second-order valence-electron chi connectivity index (χ2n) is 6.30. The quantitative estimate of drug-likeness (QED) is 0.568. The average Bonchev–Trinajstić information content (AvgIpc) is 2.51. The molecule has 0 saturated carbocycles.